The molecule has 5 rings (SSSR count). The average molecular weight is 450 g/mol. The molecule has 0 saturated carbocycles. The second kappa shape index (κ2) is 6.93. The molecule has 1 aliphatic rings. The third-order valence-corrected chi connectivity index (χ3v) is 5.59. The van der Waals surface area contributed by atoms with Gasteiger partial charge in [0.25, 0.3) is 5.91 Å². The minimum atomic E-state index is -0.367. The lowest BCUT2D eigenvalue weighted by atomic mass is 9.96. The van der Waals surface area contributed by atoms with Crippen molar-refractivity contribution in [3.63, 3.8) is 0 Å². The first-order valence-electron chi connectivity index (χ1n) is 9.09. The number of halogens is 1. The molecule has 29 heavy (non-hydrogen) atoms. The number of phenols is 1. The Hall–Kier alpha value is -3.32. The molecule has 1 atom stereocenters. The summed E-state index contributed by atoms with van der Waals surface area (Å²) in [5.41, 5.74) is 3.27. The van der Waals surface area contributed by atoms with E-state index in [0.29, 0.717) is 29.3 Å². The fourth-order valence-corrected chi connectivity index (χ4v) is 4.25. The predicted molar refractivity (Wildman–Crippen MR) is 110 cm³/mol. The molecule has 0 fully saturated rings. The summed E-state index contributed by atoms with van der Waals surface area (Å²) in [6.07, 6.45) is 1.60. The number of H-pyrrole nitrogens is 1. The van der Waals surface area contributed by atoms with Crippen molar-refractivity contribution in [1.82, 2.24) is 15.1 Å². The zero-order valence-electron chi connectivity index (χ0n) is 15.2. The van der Waals surface area contributed by atoms with E-state index in [0.717, 1.165) is 15.6 Å². The minimum absolute atomic E-state index is 0.117. The molecule has 4 aromatic rings. The van der Waals surface area contributed by atoms with E-state index in [4.69, 9.17) is 4.42 Å². The molecule has 1 aliphatic heterocycles. The van der Waals surface area contributed by atoms with Gasteiger partial charge in [-0.2, -0.15) is 5.10 Å². The van der Waals surface area contributed by atoms with E-state index in [1.165, 1.54) is 0 Å². The zero-order chi connectivity index (χ0) is 20.0. The molecule has 0 radical (unpaired) electrons. The highest BCUT2D eigenvalue weighted by Crippen LogP contribution is 2.45. The number of fused-ring (bicyclic) bond motifs is 1. The lowest BCUT2D eigenvalue weighted by Crippen LogP contribution is -2.29. The first kappa shape index (κ1) is 17.8. The summed E-state index contributed by atoms with van der Waals surface area (Å²) in [4.78, 5) is 15.0. The predicted octanol–water partition coefficient (Wildman–Crippen LogP) is 4.88. The number of furan rings is 1. The fraction of sp³-hybridized carbons (Fsp3) is 0.0909. The maximum atomic E-state index is 13.3. The number of nitrogens with zero attached hydrogens (tertiary/aromatic N) is 2. The Morgan fingerprint density at radius 1 is 1.14 bits per heavy atom. The fourth-order valence-electron chi connectivity index (χ4n) is 3.83. The van der Waals surface area contributed by atoms with Gasteiger partial charge in [-0.3, -0.25) is 9.89 Å². The van der Waals surface area contributed by atoms with Crippen LogP contribution in [0, 0.1) is 0 Å². The van der Waals surface area contributed by atoms with E-state index in [-0.39, 0.29) is 17.7 Å². The van der Waals surface area contributed by atoms with Crippen LogP contribution in [0.2, 0.25) is 0 Å². The Bertz CT molecular complexity index is 1200. The van der Waals surface area contributed by atoms with Crippen LogP contribution in [0.15, 0.2) is 75.8 Å². The monoisotopic (exact) mass is 449 g/mol. The summed E-state index contributed by atoms with van der Waals surface area (Å²) in [6, 6.07) is 18.1. The topological polar surface area (TPSA) is 82.4 Å². The van der Waals surface area contributed by atoms with E-state index in [1.54, 1.807) is 35.4 Å². The van der Waals surface area contributed by atoms with Crippen molar-refractivity contribution in [1.29, 1.82) is 0 Å². The van der Waals surface area contributed by atoms with Crippen LogP contribution in [0.5, 0.6) is 5.75 Å². The van der Waals surface area contributed by atoms with Crippen molar-refractivity contribution < 1.29 is 14.3 Å². The number of para-hydroxylation sites is 1. The quantitative estimate of drug-likeness (QED) is 0.464. The van der Waals surface area contributed by atoms with E-state index < -0.39 is 0 Å². The van der Waals surface area contributed by atoms with Crippen molar-refractivity contribution in [3.05, 3.63) is 94.0 Å². The molecule has 0 aliphatic carbocycles. The number of carbonyl (C=O) groups excluding carboxylic acids is 1. The second-order valence-corrected chi connectivity index (χ2v) is 7.76. The van der Waals surface area contributed by atoms with Gasteiger partial charge in [0.15, 0.2) is 0 Å². The summed E-state index contributed by atoms with van der Waals surface area (Å²) < 4.78 is 6.41. The van der Waals surface area contributed by atoms with Crippen molar-refractivity contribution in [3.8, 4) is 17.0 Å². The van der Waals surface area contributed by atoms with E-state index in [1.807, 2.05) is 36.4 Å². The summed E-state index contributed by atoms with van der Waals surface area (Å²) >= 11 is 3.53. The molecule has 0 bridgehead atoms. The third-order valence-electron chi connectivity index (χ3n) is 5.09. The number of amides is 1. The highest BCUT2D eigenvalue weighted by Gasteiger charge is 2.42. The van der Waals surface area contributed by atoms with Crippen LogP contribution in [0.3, 0.4) is 0 Å². The first-order valence-corrected chi connectivity index (χ1v) is 9.88. The van der Waals surface area contributed by atoms with Crippen molar-refractivity contribution in [2.24, 2.45) is 0 Å². The van der Waals surface area contributed by atoms with Crippen molar-refractivity contribution >= 4 is 21.8 Å². The second-order valence-electron chi connectivity index (χ2n) is 6.85. The molecule has 0 spiro atoms. The number of nitrogens with one attached hydrogen (secondary N) is 1. The van der Waals surface area contributed by atoms with Crippen LogP contribution in [0.25, 0.3) is 11.3 Å². The molecule has 0 unspecified atom stereocenters. The van der Waals surface area contributed by atoms with Crippen LogP contribution in [-0.4, -0.2) is 26.1 Å². The SMILES string of the molecule is O=C1c2[nH]nc(-c3ccccc3O)c2[C@@H](c2cccc(Br)c2)N1Cc1ccco1. The van der Waals surface area contributed by atoms with E-state index in [9.17, 15) is 9.90 Å². The third kappa shape index (κ3) is 2.94. The standard InChI is InChI=1S/C22H16BrN3O3/c23-14-6-3-5-13(11-14)21-18-19(16-8-1-2-9-17(16)27)24-25-20(18)22(28)26(21)12-15-7-4-10-29-15/h1-11,21,27H,12H2,(H,24,25)/t21-/m1/s1. The smallest absolute Gasteiger partial charge is 0.273 e. The maximum absolute atomic E-state index is 13.3. The van der Waals surface area contributed by atoms with Crippen LogP contribution >= 0.6 is 15.9 Å². The van der Waals surface area contributed by atoms with Crippen LogP contribution in [-0.2, 0) is 6.54 Å². The maximum Gasteiger partial charge on any atom is 0.273 e. The summed E-state index contributed by atoms with van der Waals surface area (Å²) in [7, 11) is 0. The van der Waals surface area contributed by atoms with Crippen LogP contribution < -0.4 is 0 Å². The molecule has 2 aromatic heterocycles. The first-order chi connectivity index (χ1) is 14.1. The van der Waals surface area contributed by atoms with Gasteiger partial charge in [-0.15, -0.1) is 0 Å². The molecular formula is C22H16BrN3O3. The Kier molecular flexibility index (Phi) is 4.24. The van der Waals surface area contributed by atoms with Gasteiger partial charge in [0.1, 0.15) is 22.9 Å². The number of aromatic amines is 1. The van der Waals surface area contributed by atoms with E-state index in [2.05, 4.69) is 26.1 Å². The van der Waals surface area contributed by atoms with Gasteiger partial charge < -0.3 is 14.4 Å². The lowest BCUT2D eigenvalue weighted by Gasteiger charge is -2.25. The molecule has 1 amide bonds. The van der Waals surface area contributed by atoms with Crippen LogP contribution in [0.4, 0.5) is 0 Å². The van der Waals surface area contributed by atoms with Crippen molar-refractivity contribution in [2.75, 3.05) is 0 Å². The van der Waals surface area contributed by atoms with Crippen LogP contribution in [0.1, 0.15) is 33.4 Å². The number of benzene rings is 2. The zero-order valence-corrected chi connectivity index (χ0v) is 16.8. The van der Waals surface area contributed by atoms with Crippen molar-refractivity contribution in [2.45, 2.75) is 12.6 Å². The number of carbonyl (C=O) groups is 1. The Balaban J connectivity index is 1.69. The molecule has 0 saturated heterocycles. The molecule has 144 valence electrons. The van der Waals surface area contributed by atoms with Gasteiger partial charge in [-0.25, -0.2) is 0 Å². The number of phenolic OH excluding ortho intramolecular Hbond substituents is 1. The number of hydrogen-bond donors (Lipinski definition) is 2. The Morgan fingerprint density at radius 2 is 2.00 bits per heavy atom. The minimum Gasteiger partial charge on any atom is -0.507 e. The number of hydrogen-bond acceptors (Lipinski definition) is 4. The molecule has 3 heterocycles. The molecule has 2 aromatic carbocycles. The largest absolute Gasteiger partial charge is 0.507 e. The van der Waals surface area contributed by atoms with Gasteiger partial charge in [0, 0.05) is 15.6 Å². The van der Waals surface area contributed by atoms with Gasteiger partial charge >= 0.3 is 0 Å². The molecular weight excluding hydrogens is 434 g/mol. The molecule has 7 heteroatoms. The number of aromatic nitrogens is 2. The Labute approximate surface area is 174 Å². The van der Waals surface area contributed by atoms with E-state index >= 15 is 0 Å². The average Bonchev–Trinajstić information content (AvgIpc) is 3.42. The Morgan fingerprint density at radius 3 is 2.76 bits per heavy atom. The van der Waals surface area contributed by atoms with Gasteiger partial charge in [0.05, 0.1) is 18.8 Å². The summed E-state index contributed by atoms with van der Waals surface area (Å²) in [5, 5.41) is 17.7. The summed E-state index contributed by atoms with van der Waals surface area (Å²) in [6.45, 7) is 0.325. The lowest BCUT2D eigenvalue weighted by molar-refractivity contribution is 0.0717. The molecule has 2 N–H and O–H groups in total. The highest BCUT2D eigenvalue weighted by molar-refractivity contribution is 9.10. The highest BCUT2D eigenvalue weighted by atomic mass is 79.9. The molecule has 6 nitrogen and oxygen atoms in total. The normalized spacial score (nSPS) is 15.7. The van der Waals surface area contributed by atoms with Gasteiger partial charge in [-0.1, -0.05) is 40.2 Å². The summed E-state index contributed by atoms with van der Waals surface area (Å²) in [5.74, 6) is 0.655. The van der Waals surface area contributed by atoms with Gasteiger partial charge in [0.2, 0.25) is 0 Å². The van der Waals surface area contributed by atoms with Gasteiger partial charge in [-0.05, 0) is 42.0 Å². The number of aromatic hydroxyl groups is 1. The number of rotatable bonds is 4.